The van der Waals surface area contributed by atoms with Gasteiger partial charge in [-0.1, -0.05) is 11.6 Å². The van der Waals surface area contributed by atoms with Gasteiger partial charge in [0.2, 0.25) is 0 Å². The van der Waals surface area contributed by atoms with Crippen molar-refractivity contribution in [1.82, 2.24) is 4.98 Å². The second-order valence-electron chi connectivity index (χ2n) is 3.49. The molecule has 3 heteroatoms. The molecule has 0 saturated heterocycles. The lowest BCUT2D eigenvalue weighted by Crippen LogP contribution is -1.91. The zero-order valence-corrected chi connectivity index (χ0v) is 9.26. The number of aryl methyl sites for hydroxylation is 2. The van der Waals surface area contributed by atoms with E-state index in [2.05, 4.69) is 11.1 Å². The highest BCUT2D eigenvalue weighted by Crippen LogP contribution is 2.26. The summed E-state index contributed by atoms with van der Waals surface area (Å²) in [5.74, 6) is 0. The number of hydrogen-bond acceptors (Lipinski definition) is 2. The quantitative estimate of drug-likeness (QED) is 0.677. The van der Waals surface area contributed by atoms with Crippen molar-refractivity contribution in [1.29, 1.82) is 5.26 Å². The molecule has 0 aliphatic carbocycles. The average Bonchev–Trinajstić information content (AvgIpc) is 2.23. The summed E-state index contributed by atoms with van der Waals surface area (Å²) in [6.07, 6.45) is 0. The highest BCUT2D eigenvalue weighted by molar-refractivity contribution is 6.32. The van der Waals surface area contributed by atoms with Gasteiger partial charge >= 0.3 is 0 Å². The number of benzene rings is 1. The number of halogens is 1. The van der Waals surface area contributed by atoms with Crippen molar-refractivity contribution in [3.8, 4) is 6.07 Å². The van der Waals surface area contributed by atoms with Crippen LogP contribution in [0.5, 0.6) is 0 Å². The average molecular weight is 217 g/mol. The minimum Gasteiger partial charge on any atom is -0.253 e. The second kappa shape index (κ2) is 3.52. The summed E-state index contributed by atoms with van der Waals surface area (Å²) in [5, 5.41) is 10.6. The molecule has 2 aromatic rings. The summed E-state index contributed by atoms with van der Waals surface area (Å²) in [7, 11) is 0. The molecule has 0 saturated carbocycles. The molecular weight excluding hydrogens is 208 g/mol. The molecule has 0 radical (unpaired) electrons. The van der Waals surface area contributed by atoms with E-state index in [0.29, 0.717) is 10.6 Å². The molecule has 0 bridgehead atoms. The van der Waals surface area contributed by atoms with Gasteiger partial charge in [-0.2, -0.15) is 5.26 Å². The summed E-state index contributed by atoms with van der Waals surface area (Å²) in [5.41, 5.74) is 3.23. The van der Waals surface area contributed by atoms with Crippen molar-refractivity contribution in [2.75, 3.05) is 0 Å². The number of nitriles is 1. The Labute approximate surface area is 93.1 Å². The Hall–Kier alpha value is -1.59. The molecule has 0 unspecified atom stereocenters. The molecule has 0 N–H and O–H groups in total. The number of fused-ring (bicyclic) bond motifs is 1. The normalized spacial score (nSPS) is 10.3. The van der Waals surface area contributed by atoms with Gasteiger partial charge in [-0.15, -0.1) is 0 Å². The van der Waals surface area contributed by atoms with E-state index < -0.39 is 0 Å². The summed E-state index contributed by atoms with van der Waals surface area (Å²) in [6, 6.07) is 7.61. The van der Waals surface area contributed by atoms with Crippen LogP contribution < -0.4 is 0 Å². The Morgan fingerprint density at radius 3 is 2.73 bits per heavy atom. The van der Waals surface area contributed by atoms with Crippen LogP contribution in [0, 0.1) is 25.2 Å². The lowest BCUT2D eigenvalue weighted by molar-refractivity contribution is 1.23. The van der Waals surface area contributed by atoms with Gasteiger partial charge in [0, 0.05) is 16.1 Å². The maximum absolute atomic E-state index is 9.01. The van der Waals surface area contributed by atoms with E-state index in [1.165, 1.54) is 0 Å². The Bertz CT molecular complexity index is 582. The molecular formula is C12H9ClN2. The predicted octanol–water partition coefficient (Wildman–Crippen LogP) is 3.38. The minimum absolute atomic E-state index is 0.650. The van der Waals surface area contributed by atoms with Crippen LogP contribution in [0.25, 0.3) is 10.9 Å². The van der Waals surface area contributed by atoms with Crippen LogP contribution in [0.2, 0.25) is 5.02 Å². The molecule has 2 rings (SSSR count). The Balaban J connectivity index is 2.98. The molecule has 1 heterocycles. The van der Waals surface area contributed by atoms with Crippen LogP contribution in [-0.4, -0.2) is 4.98 Å². The van der Waals surface area contributed by atoms with Gasteiger partial charge in [-0.3, -0.25) is 4.98 Å². The second-order valence-corrected chi connectivity index (χ2v) is 3.90. The van der Waals surface area contributed by atoms with Crippen molar-refractivity contribution in [3.05, 3.63) is 40.0 Å². The summed E-state index contributed by atoms with van der Waals surface area (Å²) >= 11 is 6.01. The third-order valence-electron chi connectivity index (χ3n) is 2.42. The highest BCUT2D eigenvalue weighted by atomic mass is 35.5. The maximum Gasteiger partial charge on any atom is 0.0999 e. The Kier molecular flexibility index (Phi) is 2.34. The highest BCUT2D eigenvalue weighted by Gasteiger charge is 2.07. The molecule has 0 aliphatic rings. The summed E-state index contributed by atoms with van der Waals surface area (Å²) in [6.45, 7) is 3.79. The van der Waals surface area contributed by atoms with Gasteiger partial charge in [0.15, 0.2) is 0 Å². The van der Waals surface area contributed by atoms with Gasteiger partial charge in [0.1, 0.15) is 0 Å². The predicted molar refractivity (Wildman–Crippen MR) is 60.9 cm³/mol. The first-order chi connectivity index (χ1) is 7.13. The first-order valence-corrected chi connectivity index (χ1v) is 4.98. The van der Waals surface area contributed by atoms with E-state index in [9.17, 15) is 0 Å². The van der Waals surface area contributed by atoms with Crippen LogP contribution >= 0.6 is 11.6 Å². The largest absolute Gasteiger partial charge is 0.253 e. The van der Waals surface area contributed by atoms with Crippen molar-refractivity contribution in [2.45, 2.75) is 13.8 Å². The van der Waals surface area contributed by atoms with Gasteiger partial charge in [0.05, 0.1) is 17.1 Å². The molecule has 1 aromatic carbocycles. The van der Waals surface area contributed by atoms with Crippen LogP contribution in [0.15, 0.2) is 18.2 Å². The number of pyridine rings is 1. The molecule has 0 spiro atoms. The fraction of sp³-hybridized carbons (Fsp3) is 0.167. The monoisotopic (exact) mass is 216 g/mol. The molecule has 15 heavy (non-hydrogen) atoms. The first-order valence-electron chi connectivity index (χ1n) is 4.60. The maximum atomic E-state index is 9.01. The topological polar surface area (TPSA) is 36.7 Å². The Morgan fingerprint density at radius 2 is 2.07 bits per heavy atom. The van der Waals surface area contributed by atoms with Crippen LogP contribution in [0.4, 0.5) is 0 Å². The van der Waals surface area contributed by atoms with Crippen molar-refractivity contribution in [3.63, 3.8) is 0 Å². The van der Waals surface area contributed by atoms with E-state index in [0.717, 1.165) is 22.2 Å². The van der Waals surface area contributed by atoms with Gasteiger partial charge in [0.25, 0.3) is 0 Å². The van der Waals surface area contributed by atoms with Crippen LogP contribution in [-0.2, 0) is 0 Å². The standard InChI is InChI=1S/C12H9ClN2/c1-7-5-9(6-14)10-3-4-11(13)8(2)12(10)15-7/h3-5H,1-2H3. The summed E-state index contributed by atoms with van der Waals surface area (Å²) < 4.78 is 0. The van der Waals surface area contributed by atoms with E-state index in [4.69, 9.17) is 16.9 Å². The first kappa shape index (κ1) is 9.95. The lowest BCUT2D eigenvalue weighted by Gasteiger charge is -2.06. The van der Waals surface area contributed by atoms with Gasteiger partial charge in [-0.25, -0.2) is 0 Å². The van der Waals surface area contributed by atoms with E-state index in [1.807, 2.05) is 19.9 Å². The zero-order chi connectivity index (χ0) is 11.0. The van der Waals surface area contributed by atoms with E-state index >= 15 is 0 Å². The summed E-state index contributed by atoms with van der Waals surface area (Å²) in [4.78, 5) is 4.41. The number of hydrogen-bond donors (Lipinski definition) is 0. The molecule has 0 fully saturated rings. The molecule has 0 amide bonds. The Morgan fingerprint density at radius 1 is 1.33 bits per heavy atom. The van der Waals surface area contributed by atoms with Crippen molar-refractivity contribution >= 4 is 22.5 Å². The molecule has 2 nitrogen and oxygen atoms in total. The van der Waals surface area contributed by atoms with Gasteiger partial charge < -0.3 is 0 Å². The lowest BCUT2D eigenvalue weighted by atomic mass is 10.1. The SMILES string of the molecule is Cc1cc(C#N)c2ccc(Cl)c(C)c2n1. The van der Waals surface area contributed by atoms with Crippen LogP contribution in [0.1, 0.15) is 16.8 Å². The molecule has 1 aromatic heterocycles. The fourth-order valence-electron chi connectivity index (χ4n) is 1.62. The number of aromatic nitrogens is 1. The number of nitrogens with zero attached hydrogens (tertiary/aromatic N) is 2. The van der Waals surface area contributed by atoms with Crippen molar-refractivity contribution < 1.29 is 0 Å². The fourth-order valence-corrected chi connectivity index (χ4v) is 1.78. The van der Waals surface area contributed by atoms with Crippen molar-refractivity contribution in [2.24, 2.45) is 0 Å². The molecule has 0 aliphatic heterocycles. The smallest absolute Gasteiger partial charge is 0.0999 e. The molecule has 74 valence electrons. The van der Waals surface area contributed by atoms with E-state index in [1.54, 1.807) is 12.1 Å². The van der Waals surface area contributed by atoms with Crippen LogP contribution in [0.3, 0.4) is 0 Å². The number of rotatable bonds is 0. The zero-order valence-electron chi connectivity index (χ0n) is 8.50. The third kappa shape index (κ3) is 1.55. The minimum atomic E-state index is 0.650. The third-order valence-corrected chi connectivity index (χ3v) is 2.83. The van der Waals surface area contributed by atoms with Gasteiger partial charge in [-0.05, 0) is 37.6 Å². The van der Waals surface area contributed by atoms with E-state index in [-0.39, 0.29) is 0 Å². The molecule has 0 atom stereocenters.